The monoisotopic (exact) mass is 303 g/mol. The van der Waals surface area contributed by atoms with Gasteiger partial charge >= 0.3 is 0 Å². The van der Waals surface area contributed by atoms with E-state index < -0.39 is 0 Å². The first-order valence-corrected chi connectivity index (χ1v) is 8.30. The standard InChI is InChI=1S/C18H22FNS/c1-4-20-14(3)15-6-5-7-18(11-15)21-12-16-8-9-17(19)10-13(16)2/h5-11,14,20H,4,12H2,1-3H3. The van der Waals surface area contributed by atoms with Gasteiger partial charge in [0.15, 0.2) is 0 Å². The second kappa shape index (κ2) is 7.62. The van der Waals surface area contributed by atoms with E-state index in [1.807, 2.05) is 13.0 Å². The Bertz CT molecular complexity index is 598. The van der Waals surface area contributed by atoms with Crippen molar-refractivity contribution in [3.8, 4) is 0 Å². The smallest absolute Gasteiger partial charge is 0.123 e. The average Bonchev–Trinajstić information content (AvgIpc) is 2.47. The molecule has 1 atom stereocenters. The zero-order chi connectivity index (χ0) is 15.2. The van der Waals surface area contributed by atoms with Crippen molar-refractivity contribution in [3.63, 3.8) is 0 Å². The lowest BCUT2D eigenvalue weighted by molar-refractivity contribution is 0.597. The van der Waals surface area contributed by atoms with E-state index in [2.05, 4.69) is 43.4 Å². The molecule has 0 bridgehead atoms. The van der Waals surface area contributed by atoms with E-state index in [9.17, 15) is 4.39 Å². The third-order valence-corrected chi connectivity index (χ3v) is 4.61. The lowest BCUT2D eigenvalue weighted by atomic mass is 10.1. The summed E-state index contributed by atoms with van der Waals surface area (Å²) in [4.78, 5) is 1.25. The fourth-order valence-corrected chi connectivity index (χ4v) is 3.32. The fraction of sp³-hybridized carbons (Fsp3) is 0.333. The number of halogens is 1. The number of hydrogen-bond donors (Lipinski definition) is 1. The highest BCUT2D eigenvalue weighted by atomic mass is 32.2. The Morgan fingerprint density at radius 1 is 1.19 bits per heavy atom. The van der Waals surface area contributed by atoms with Gasteiger partial charge in [0.2, 0.25) is 0 Å². The first kappa shape index (κ1) is 16.1. The third kappa shape index (κ3) is 4.58. The molecule has 0 aliphatic heterocycles. The van der Waals surface area contributed by atoms with E-state index in [0.717, 1.165) is 17.9 Å². The van der Waals surface area contributed by atoms with E-state index in [4.69, 9.17) is 0 Å². The molecule has 0 spiro atoms. The van der Waals surface area contributed by atoms with Gasteiger partial charge < -0.3 is 5.32 Å². The van der Waals surface area contributed by atoms with Gasteiger partial charge in [-0.2, -0.15) is 0 Å². The normalized spacial score (nSPS) is 12.4. The van der Waals surface area contributed by atoms with Crippen LogP contribution in [0.25, 0.3) is 0 Å². The van der Waals surface area contributed by atoms with Crippen LogP contribution in [-0.2, 0) is 5.75 Å². The maximum Gasteiger partial charge on any atom is 0.123 e. The first-order chi connectivity index (χ1) is 10.1. The molecule has 0 aromatic heterocycles. The summed E-state index contributed by atoms with van der Waals surface area (Å²) < 4.78 is 13.1. The van der Waals surface area contributed by atoms with E-state index in [0.29, 0.717) is 6.04 Å². The Labute approximate surface area is 131 Å². The van der Waals surface area contributed by atoms with Crippen molar-refractivity contribution in [1.82, 2.24) is 5.32 Å². The summed E-state index contributed by atoms with van der Waals surface area (Å²) in [5.41, 5.74) is 3.50. The average molecular weight is 303 g/mol. The van der Waals surface area contributed by atoms with Crippen molar-refractivity contribution in [1.29, 1.82) is 0 Å². The van der Waals surface area contributed by atoms with Crippen LogP contribution in [0.4, 0.5) is 4.39 Å². The summed E-state index contributed by atoms with van der Waals surface area (Å²) in [6.45, 7) is 7.22. The van der Waals surface area contributed by atoms with Crippen LogP contribution in [0.2, 0.25) is 0 Å². The van der Waals surface area contributed by atoms with Gasteiger partial charge in [-0.3, -0.25) is 0 Å². The molecular weight excluding hydrogens is 281 g/mol. The topological polar surface area (TPSA) is 12.0 Å². The molecule has 0 fully saturated rings. The molecule has 0 heterocycles. The van der Waals surface area contributed by atoms with E-state index >= 15 is 0 Å². The second-order valence-corrected chi connectivity index (χ2v) is 6.26. The fourth-order valence-electron chi connectivity index (χ4n) is 2.28. The van der Waals surface area contributed by atoms with Crippen molar-refractivity contribution < 1.29 is 4.39 Å². The Morgan fingerprint density at radius 3 is 2.71 bits per heavy atom. The molecule has 1 unspecified atom stereocenters. The van der Waals surface area contributed by atoms with Gasteiger partial charge in [0.25, 0.3) is 0 Å². The van der Waals surface area contributed by atoms with Crippen molar-refractivity contribution >= 4 is 11.8 Å². The molecule has 0 saturated carbocycles. The molecule has 2 aromatic rings. The minimum atomic E-state index is -0.164. The lowest BCUT2D eigenvalue weighted by Crippen LogP contribution is -2.17. The Kier molecular flexibility index (Phi) is 5.83. The highest BCUT2D eigenvalue weighted by Crippen LogP contribution is 2.27. The molecular formula is C18H22FNS. The third-order valence-electron chi connectivity index (χ3n) is 3.57. The van der Waals surface area contributed by atoms with Crippen LogP contribution in [0.1, 0.15) is 36.6 Å². The van der Waals surface area contributed by atoms with Crippen molar-refractivity contribution in [3.05, 3.63) is 65.0 Å². The molecule has 0 radical (unpaired) electrons. The Balaban J connectivity index is 2.04. The predicted molar refractivity (Wildman–Crippen MR) is 89.2 cm³/mol. The quantitative estimate of drug-likeness (QED) is 0.745. The van der Waals surface area contributed by atoms with Crippen molar-refractivity contribution in [2.45, 2.75) is 37.5 Å². The maximum absolute atomic E-state index is 13.1. The summed E-state index contributed by atoms with van der Waals surface area (Å²) in [6, 6.07) is 14.0. The lowest BCUT2D eigenvalue weighted by Gasteiger charge is -2.14. The van der Waals surface area contributed by atoms with Crippen molar-refractivity contribution in [2.75, 3.05) is 6.54 Å². The summed E-state index contributed by atoms with van der Waals surface area (Å²) in [7, 11) is 0. The van der Waals surface area contributed by atoms with Crippen LogP contribution < -0.4 is 5.32 Å². The zero-order valence-corrected chi connectivity index (χ0v) is 13.6. The number of benzene rings is 2. The summed E-state index contributed by atoms with van der Waals surface area (Å²) in [6.07, 6.45) is 0. The first-order valence-electron chi connectivity index (χ1n) is 7.31. The zero-order valence-electron chi connectivity index (χ0n) is 12.8. The maximum atomic E-state index is 13.1. The number of rotatable bonds is 6. The molecule has 3 heteroatoms. The molecule has 112 valence electrons. The Hall–Kier alpha value is -1.32. The van der Waals surface area contributed by atoms with Crippen LogP contribution in [0.5, 0.6) is 0 Å². The molecule has 0 amide bonds. The van der Waals surface area contributed by atoms with Gasteiger partial charge in [-0.05, 0) is 61.3 Å². The summed E-state index contributed by atoms with van der Waals surface area (Å²) in [5.74, 6) is 0.702. The van der Waals surface area contributed by atoms with E-state index in [-0.39, 0.29) is 5.82 Å². The minimum absolute atomic E-state index is 0.164. The number of hydrogen-bond acceptors (Lipinski definition) is 2. The molecule has 0 saturated heterocycles. The van der Waals surface area contributed by atoms with Crippen LogP contribution in [0.15, 0.2) is 47.4 Å². The van der Waals surface area contributed by atoms with E-state index in [1.54, 1.807) is 17.8 Å². The largest absolute Gasteiger partial charge is 0.310 e. The van der Waals surface area contributed by atoms with Gasteiger partial charge in [0.1, 0.15) is 5.82 Å². The van der Waals surface area contributed by atoms with Gasteiger partial charge in [-0.25, -0.2) is 4.39 Å². The summed E-state index contributed by atoms with van der Waals surface area (Å²) in [5, 5.41) is 3.43. The molecule has 2 aromatic carbocycles. The number of nitrogens with one attached hydrogen (secondary N) is 1. The minimum Gasteiger partial charge on any atom is -0.310 e. The molecule has 0 aliphatic rings. The molecule has 2 rings (SSSR count). The van der Waals surface area contributed by atoms with Gasteiger partial charge in [0.05, 0.1) is 0 Å². The number of thioether (sulfide) groups is 1. The predicted octanol–water partition coefficient (Wildman–Crippen LogP) is 5.10. The molecule has 1 N–H and O–H groups in total. The molecule has 1 nitrogen and oxygen atoms in total. The SMILES string of the molecule is CCNC(C)c1cccc(SCc2ccc(F)cc2C)c1. The summed E-state index contributed by atoms with van der Waals surface area (Å²) >= 11 is 1.79. The Morgan fingerprint density at radius 2 is 2.00 bits per heavy atom. The van der Waals surface area contributed by atoms with Gasteiger partial charge in [-0.15, -0.1) is 11.8 Å². The van der Waals surface area contributed by atoms with Crippen LogP contribution in [0, 0.1) is 12.7 Å². The van der Waals surface area contributed by atoms with Crippen molar-refractivity contribution in [2.24, 2.45) is 0 Å². The van der Waals surface area contributed by atoms with Gasteiger partial charge in [-0.1, -0.05) is 25.1 Å². The van der Waals surface area contributed by atoms with Crippen LogP contribution in [0.3, 0.4) is 0 Å². The van der Waals surface area contributed by atoms with Crippen LogP contribution >= 0.6 is 11.8 Å². The highest BCUT2D eigenvalue weighted by molar-refractivity contribution is 7.98. The van der Waals surface area contributed by atoms with Gasteiger partial charge in [0, 0.05) is 16.7 Å². The highest BCUT2D eigenvalue weighted by Gasteiger charge is 2.06. The van der Waals surface area contributed by atoms with Crippen LogP contribution in [-0.4, -0.2) is 6.54 Å². The second-order valence-electron chi connectivity index (χ2n) is 5.21. The van der Waals surface area contributed by atoms with E-state index in [1.165, 1.54) is 22.1 Å². The number of aryl methyl sites for hydroxylation is 1. The molecule has 0 aliphatic carbocycles. The molecule has 21 heavy (non-hydrogen) atoms.